The molecule has 7 heteroatoms. The Kier molecular flexibility index (Phi) is 9.12. The summed E-state index contributed by atoms with van der Waals surface area (Å²) in [5.41, 5.74) is 7.64. The van der Waals surface area contributed by atoms with Gasteiger partial charge in [-0.3, -0.25) is 9.89 Å². The Hall–Kier alpha value is -0.380. The van der Waals surface area contributed by atoms with E-state index in [0.29, 0.717) is 5.96 Å². The molecule has 0 aromatic heterocycles. The summed E-state index contributed by atoms with van der Waals surface area (Å²) in [6, 6.07) is 8.66. The van der Waals surface area contributed by atoms with Gasteiger partial charge in [0.1, 0.15) is 0 Å². The number of guanidine groups is 1. The molecule has 1 aromatic carbocycles. The van der Waals surface area contributed by atoms with E-state index in [1.54, 1.807) is 0 Å². The van der Waals surface area contributed by atoms with Crippen molar-refractivity contribution in [2.24, 2.45) is 10.7 Å². The highest BCUT2D eigenvalue weighted by atomic mass is 127. The molecule has 1 saturated heterocycles. The van der Waals surface area contributed by atoms with Crippen LogP contribution in [0.25, 0.3) is 0 Å². The van der Waals surface area contributed by atoms with Crippen LogP contribution in [-0.2, 0) is 10.2 Å². The number of rotatable bonds is 7. The van der Waals surface area contributed by atoms with Crippen LogP contribution >= 0.6 is 39.9 Å². The van der Waals surface area contributed by atoms with Crippen LogP contribution < -0.4 is 11.1 Å². The highest BCUT2D eigenvalue weighted by Crippen LogP contribution is 2.44. The first kappa shape index (κ1) is 21.9. The molecule has 5 nitrogen and oxygen atoms in total. The number of hydrogen-bond donors (Lipinski definition) is 2. The highest BCUT2D eigenvalue weighted by molar-refractivity contribution is 14.0. The van der Waals surface area contributed by atoms with E-state index in [1.807, 2.05) is 0 Å². The zero-order valence-corrected chi connectivity index (χ0v) is 19.2. The largest absolute Gasteiger partial charge is 0.379 e. The lowest BCUT2D eigenvalue weighted by atomic mass is 9.64. The first-order valence-electron chi connectivity index (χ1n) is 9.28. The zero-order chi connectivity index (χ0) is 17.5. The summed E-state index contributed by atoms with van der Waals surface area (Å²) < 4.78 is 6.49. The monoisotopic (exact) mass is 536 g/mol. The third-order valence-corrected chi connectivity index (χ3v) is 5.91. The summed E-state index contributed by atoms with van der Waals surface area (Å²) in [4.78, 5) is 7.08. The average Bonchev–Trinajstić information content (AvgIpc) is 2.60. The molecule has 3 rings (SSSR count). The maximum atomic E-state index is 6.08. The maximum Gasteiger partial charge on any atom is 0.188 e. The predicted octanol–water partition coefficient (Wildman–Crippen LogP) is 3.12. The molecular weight excluding hydrogens is 507 g/mol. The molecule has 0 radical (unpaired) electrons. The molecule has 0 bridgehead atoms. The topological polar surface area (TPSA) is 62.9 Å². The number of morpholine rings is 1. The molecule has 2 aliphatic rings. The maximum absolute atomic E-state index is 6.08. The van der Waals surface area contributed by atoms with Gasteiger partial charge in [-0.2, -0.15) is 0 Å². The smallest absolute Gasteiger partial charge is 0.188 e. The van der Waals surface area contributed by atoms with Gasteiger partial charge in [-0.05, 0) is 43.5 Å². The molecule has 146 valence electrons. The molecule has 0 amide bonds. The summed E-state index contributed by atoms with van der Waals surface area (Å²) in [6.07, 6.45) is 4.75. The summed E-state index contributed by atoms with van der Waals surface area (Å²) in [6.45, 7) is 6.53. The molecule has 0 unspecified atom stereocenters. The third-order valence-electron chi connectivity index (χ3n) is 5.38. The van der Waals surface area contributed by atoms with Gasteiger partial charge >= 0.3 is 0 Å². The lowest BCUT2D eigenvalue weighted by Gasteiger charge is -2.41. The van der Waals surface area contributed by atoms with Crippen molar-refractivity contribution < 1.29 is 4.74 Å². The van der Waals surface area contributed by atoms with Crippen molar-refractivity contribution in [1.82, 2.24) is 10.2 Å². The first-order chi connectivity index (χ1) is 12.2. The number of ether oxygens (including phenoxy) is 1. The summed E-state index contributed by atoms with van der Waals surface area (Å²) >= 11 is 3.51. The predicted molar refractivity (Wildman–Crippen MR) is 121 cm³/mol. The third kappa shape index (κ3) is 6.07. The Bertz CT molecular complexity index is 571. The number of nitrogens with two attached hydrogens (primary N) is 1. The van der Waals surface area contributed by atoms with Crippen LogP contribution in [0, 0.1) is 0 Å². The second-order valence-electron chi connectivity index (χ2n) is 7.08. The van der Waals surface area contributed by atoms with Gasteiger partial charge in [-0.1, -0.05) is 34.5 Å². The van der Waals surface area contributed by atoms with Crippen molar-refractivity contribution in [3.05, 3.63) is 34.3 Å². The number of aliphatic imine (C=N–C) groups is 1. The number of hydrogen-bond acceptors (Lipinski definition) is 3. The van der Waals surface area contributed by atoms with Gasteiger partial charge in [-0.15, -0.1) is 24.0 Å². The Morgan fingerprint density at radius 2 is 1.92 bits per heavy atom. The molecule has 0 spiro atoms. The minimum atomic E-state index is 0. The van der Waals surface area contributed by atoms with Crippen LogP contribution in [-0.4, -0.2) is 56.8 Å². The summed E-state index contributed by atoms with van der Waals surface area (Å²) in [5, 5.41) is 3.27. The molecule has 1 aliphatic heterocycles. The second-order valence-corrected chi connectivity index (χ2v) is 7.99. The van der Waals surface area contributed by atoms with Crippen LogP contribution in [0.5, 0.6) is 0 Å². The van der Waals surface area contributed by atoms with Gasteiger partial charge in [0, 0.05) is 29.5 Å². The van der Waals surface area contributed by atoms with Gasteiger partial charge in [0.15, 0.2) is 5.96 Å². The average molecular weight is 537 g/mol. The molecular formula is C19H30BrIN4O. The van der Waals surface area contributed by atoms with E-state index < -0.39 is 0 Å². The van der Waals surface area contributed by atoms with E-state index in [0.717, 1.165) is 56.8 Å². The van der Waals surface area contributed by atoms with Crippen LogP contribution in [0.3, 0.4) is 0 Å². The normalized spacial score (nSPS) is 20.1. The molecule has 1 heterocycles. The van der Waals surface area contributed by atoms with Crippen molar-refractivity contribution in [1.29, 1.82) is 0 Å². The summed E-state index contributed by atoms with van der Waals surface area (Å²) in [5.74, 6) is 0.574. The van der Waals surface area contributed by atoms with E-state index in [4.69, 9.17) is 10.5 Å². The standard InChI is InChI=1S/C19H29BrN4O.HI/c20-17-5-3-16(4-6-17)19(7-1-8-19)15-23-18(21)22-9-2-10-24-11-13-25-14-12-24;/h3-6H,1-2,7-15H2,(H3,21,22,23);1H. The Balaban J connectivity index is 0.00000243. The van der Waals surface area contributed by atoms with E-state index in [9.17, 15) is 0 Å². The Labute approximate surface area is 182 Å². The second kappa shape index (κ2) is 10.8. The zero-order valence-electron chi connectivity index (χ0n) is 15.3. The van der Waals surface area contributed by atoms with Crippen molar-refractivity contribution in [3.63, 3.8) is 0 Å². The molecule has 3 N–H and O–H groups in total. The molecule has 1 aromatic rings. The number of nitrogens with one attached hydrogen (secondary N) is 1. The summed E-state index contributed by atoms with van der Waals surface area (Å²) in [7, 11) is 0. The molecule has 1 saturated carbocycles. The number of benzene rings is 1. The fourth-order valence-electron chi connectivity index (χ4n) is 3.58. The van der Waals surface area contributed by atoms with Crippen LogP contribution in [0.4, 0.5) is 0 Å². The lowest BCUT2D eigenvalue weighted by Crippen LogP contribution is -2.41. The minimum Gasteiger partial charge on any atom is -0.379 e. The molecule has 26 heavy (non-hydrogen) atoms. The first-order valence-corrected chi connectivity index (χ1v) is 10.1. The lowest BCUT2D eigenvalue weighted by molar-refractivity contribution is 0.0376. The van der Waals surface area contributed by atoms with E-state index in [2.05, 4.69) is 55.4 Å². The van der Waals surface area contributed by atoms with E-state index >= 15 is 0 Å². The van der Waals surface area contributed by atoms with Gasteiger partial charge in [0.2, 0.25) is 0 Å². The van der Waals surface area contributed by atoms with E-state index in [1.165, 1.54) is 24.8 Å². The minimum absolute atomic E-state index is 0. The van der Waals surface area contributed by atoms with Crippen molar-refractivity contribution in [3.8, 4) is 0 Å². The SMILES string of the molecule is I.NC(=NCC1(c2ccc(Br)cc2)CCC1)NCCCN1CCOCC1. The van der Waals surface area contributed by atoms with Crippen molar-refractivity contribution in [2.75, 3.05) is 45.9 Å². The molecule has 1 aliphatic carbocycles. The van der Waals surface area contributed by atoms with E-state index in [-0.39, 0.29) is 29.4 Å². The van der Waals surface area contributed by atoms with Crippen LogP contribution in [0.15, 0.2) is 33.7 Å². The number of halogens is 2. The van der Waals surface area contributed by atoms with Crippen molar-refractivity contribution >= 4 is 45.9 Å². The van der Waals surface area contributed by atoms with Gasteiger partial charge in [-0.25, -0.2) is 0 Å². The molecule has 2 fully saturated rings. The Morgan fingerprint density at radius 3 is 2.54 bits per heavy atom. The highest BCUT2D eigenvalue weighted by Gasteiger charge is 2.38. The van der Waals surface area contributed by atoms with Gasteiger partial charge in [0.25, 0.3) is 0 Å². The fourth-order valence-corrected chi connectivity index (χ4v) is 3.85. The molecule has 0 atom stereocenters. The van der Waals surface area contributed by atoms with Crippen LogP contribution in [0.2, 0.25) is 0 Å². The fraction of sp³-hybridized carbons (Fsp3) is 0.632. The number of nitrogens with zero attached hydrogens (tertiary/aromatic N) is 2. The van der Waals surface area contributed by atoms with Crippen molar-refractivity contribution in [2.45, 2.75) is 31.1 Å². The quantitative estimate of drug-likeness (QED) is 0.243. The van der Waals surface area contributed by atoms with Crippen LogP contribution in [0.1, 0.15) is 31.2 Å². The Morgan fingerprint density at radius 1 is 1.23 bits per heavy atom. The van der Waals surface area contributed by atoms with Gasteiger partial charge < -0.3 is 15.8 Å². The van der Waals surface area contributed by atoms with Gasteiger partial charge in [0.05, 0.1) is 19.8 Å².